The van der Waals surface area contributed by atoms with E-state index in [0.717, 1.165) is 5.56 Å². The van der Waals surface area contributed by atoms with Crippen LogP contribution in [0.3, 0.4) is 0 Å². The van der Waals surface area contributed by atoms with Gasteiger partial charge >= 0.3 is 5.56 Å². The Morgan fingerprint density at radius 3 is 2.56 bits per heavy atom. The molecule has 0 spiro atoms. The Morgan fingerprint density at radius 1 is 1.11 bits per heavy atom. The normalized spacial score (nSPS) is 10.6. The highest BCUT2D eigenvalue weighted by Crippen LogP contribution is 2.16. The zero-order valence-corrected chi connectivity index (χ0v) is 10.1. The van der Waals surface area contributed by atoms with Crippen LogP contribution in [0.1, 0.15) is 11.3 Å². The van der Waals surface area contributed by atoms with E-state index in [1.54, 1.807) is 12.1 Å². The van der Waals surface area contributed by atoms with E-state index in [4.69, 9.17) is 11.6 Å². The van der Waals surface area contributed by atoms with Crippen molar-refractivity contribution in [3.63, 3.8) is 0 Å². The number of hydrogen-bond acceptors (Lipinski definition) is 2. The van der Waals surface area contributed by atoms with Crippen molar-refractivity contribution in [3.8, 4) is 0 Å². The first-order valence-electron chi connectivity index (χ1n) is 5.31. The maximum absolute atomic E-state index is 12.9. The number of rotatable bonds is 3. The van der Waals surface area contributed by atoms with Crippen molar-refractivity contribution in [1.29, 1.82) is 0 Å². The third-order valence-corrected chi connectivity index (χ3v) is 2.82. The zero-order valence-electron chi connectivity index (χ0n) is 9.30. The second kappa shape index (κ2) is 5.18. The van der Waals surface area contributed by atoms with Crippen LogP contribution in [0.2, 0.25) is 5.02 Å². The predicted octanol–water partition coefficient (Wildman–Crippen LogP) is 1.64. The van der Waals surface area contributed by atoms with Gasteiger partial charge in [-0.2, -0.15) is 0 Å². The lowest BCUT2D eigenvalue weighted by atomic mass is 10.1. The third-order valence-electron chi connectivity index (χ3n) is 2.53. The molecule has 4 nitrogen and oxygen atoms in total. The van der Waals surface area contributed by atoms with Gasteiger partial charge in [-0.25, -0.2) is 4.39 Å². The van der Waals surface area contributed by atoms with Gasteiger partial charge in [-0.1, -0.05) is 17.7 Å². The van der Waals surface area contributed by atoms with E-state index in [1.807, 2.05) is 0 Å². The molecule has 0 bridgehead atoms. The van der Waals surface area contributed by atoms with Gasteiger partial charge in [-0.3, -0.25) is 14.7 Å². The van der Waals surface area contributed by atoms with E-state index in [-0.39, 0.29) is 5.02 Å². The molecule has 0 atom stereocenters. The fraction of sp³-hybridized carbons (Fsp3) is 0.167. The Balaban J connectivity index is 2.11. The molecule has 2 rings (SSSR count). The SMILES string of the molecule is O=c1cc(CCc2ccc(F)c(Cl)c2)[nH][nH]c1=O. The van der Waals surface area contributed by atoms with Crippen molar-refractivity contribution in [3.05, 3.63) is 66.9 Å². The zero-order chi connectivity index (χ0) is 13.1. The minimum absolute atomic E-state index is 0.0717. The summed E-state index contributed by atoms with van der Waals surface area (Å²) in [4.78, 5) is 22.0. The second-order valence-corrected chi connectivity index (χ2v) is 4.27. The summed E-state index contributed by atoms with van der Waals surface area (Å²) >= 11 is 5.66. The lowest BCUT2D eigenvalue weighted by Crippen LogP contribution is -2.27. The average molecular weight is 269 g/mol. The molecule has 0 aliphatic heterocycles. The minimum atomic E-state index is -0.677. The lowest BCUT2D eigenvalue weighted by molar-refractivity contribution is 0.627. The molecule has 2 N–H and O–H groups in total. The topological polar surface area (TPSA) is 65.7 Å². The third kappa shape index (κ3) is 2.87. The fourth-order valence-corrected chi connectivity index (χ4v) is 1.77. The number of aryl methyl sites for hydroxylation is 2. The van der Waals surface area contributed by atoms with Crippen LogP contribution in [0, 0.1) is 5.82 Å². The summed E-state index contributed by atoms with van der Waals surface area (Å²) in [6.07, 6.45) is 1.11. The van der Waals surface area contributed by atoms with E-state index in [2.05, 4.69) is 10.2 Å². The van der Waals surface area contributed by atoms with Gasteiger partial charge in [-0.15, -0.1) is 0 Å². The van der Waals surface area contributed by atoms with Crippen LogP contribution in [0.25, 0.3) is 0 Å². The molecule has 0 radical (unpaired) electrons. The number of aromatic amines is 2. The molecule has 0 amide bonds. The van der Waals surface area contributed by atoms with Gasteiger partial charge in [0.25, 0.3) is 0 Å². The molecule has 0 aliphatic rings. The Kier molecular flexibility index (Phi) is 3.62. The fourth-order valence-electron chi connectivity index (χ4n) is 1.57. The standard InChI is InChI=1S/C12H10ClFN2O2/c13-9-5-7(2-4-10(9)14)1-3-8-6-11(17)12(18)16-15-8/h2,4-6H,1,3H2,(H,15,17)(H,16,18). The number of aromatic nitrogens is 2. The lowest BCUT2D eigenvalue weighted by Gasteiger charge is -2.03. The predicted molar refractivity (Wildman–Crippen MR) is 66.5 cm³/mol. The van der Waals surface area contributed by atoms with Crippen molar-refractivity contribution in [2.45, 2.75) is 12.8 Å². The van der Waals surface area contributed by atoms with Crippen molar-refractivity contribution in [2.75, 3.05) is 0 Å². The summed E-state index contributed by atoms with van der Waals surface area (Å²) in [5, 5.41) is 4.95. The van der Waals surface area contributed by atoms with Crippen molar-refractivity contribution in [2.24, 2.45) is 0 Å². The number of nitrogens with one attached hydrogen (secondary N) is 2. The summed E-state index contributed by atoms with van der Waals surface area (Å²) < 4.78 is 12.9. The van der Waals surface area contributed by atoms with E-state index in [1.165, 1.54) is 12.1 Å². The summed E-state index contributed by atoms with van der Waals surface area (Å²) in [5.74, 6) is -0.460. The summed E-state index contributed by atoms with van der Waals surface area (Å²) in [6, 6.07) is 5.73. The smallest absolute Gasteiger partial charge is 0.302 e. The van der Waals surface area contributed by atoms with Crippen molar-refractivity contribution in [1.82, 2.24) is 10.2 Å². The Bertz CT molecular complexity index is 678. The molecule has 1 aromatic carbocycles. The number of halogens is 2. The molecule has 2 aromatic rings. The van der Waals surface area contributed by atoms with Crippen LogP contribution < -0.4 is 11.0 Å². The Hall–Kier alpha value is -1.88. The second-order valence-electron chi connectivity index (χ2n) is 3.86. The molecule has 1 heterocycles. The average Bonchev–Trinajstić information content (AvgIpc) is 2.35. The molecule has 18 heavy (non-hydrogen) atoms. The van der Waals surface area contributed by atoms with Crippen LogP contribution >= 0.6 is 11.6 Å². The summed E-state index contributed by atoms with van der Waals surface area (Å²) in [6.45, 7) is 0. The molecular weight excluding hydrogens is 259 g/mol. The van der Waals surface area contributed by atoms with Gasteiger partial charge < -0.3 is 5.10 Å². The van der Waals surface area contributed by atoms with Crippen molar-refractivity contribution >= 4 is 11.6 Å². The number of H-pyrrole nitrogens is 2. The quantitative estimate of drug-likeness (QED) is 0.831. The van der Waals surface area contributed by atoms with Crippen LogP contribution in [-0.4, -0.2) is 10.2 Å². The molecule has 6 heteroatoms. The Labute approximate surface area is 106 Å². The summed E-state index contributed by atoms with van der Waals surface area (Å²) in [5.41, 5.74) is 0.206. The first-order chi connectivity index (χ1) is 8.56. The minimum Gasteiger partial charge on any atom is -0.302 e. The van der Waals surface area contributed by atoms with Gasteiger partial charge in [-0.05, 0) is 30.5 Å². The van der Waals surface area contributed by atoms with E-state index < -0.39 is 16.8 Å². The molecule has 94 valence electrons. The number of hydrogen-bond donors (Lipinski definition) is 2. The Morgan fingerprint density at radius 2 is 1.89 bits per heavy atom. The molecule has 0 saturated carbocycles. The largest absolute Gasteiger partial charge is 0.310 e. The molecule has 0 saturated heterocycles. The summed E-state index contributed by atoms with van der Waals surface area (Å²) in [7, 11) is 0. The molecule has 1 aromatic heterocycles. The highest BCUT2D eigenvalue weighted by Gasteiger charge is 2.03. The van der Waals surface area contributed by atoms with Gasteiger partial charge in [0.1, 0.15) is 5.82 Å². The maximum Gasteiger partial charge on any atom is 0.310 e. The van der Waals surface area contributed by atoms with E-state index in [0.29, 0.717) is 18.5 Å². The monoisotopic (exact) mass is 268 g/mol. The molecule has 0 aliphatic carbocycles. The van der Waals surface area contributed by atoms with Crippen LogP contribution in [0.4, 0.5) is 4.39 Å². The highest BCUT2D eigenvalue weighted by molar-refractivity contribution is 6.30. The maximum atomic E-state index is 12.9. The molecular formula is C12H10ClFN2O2. The number of benzene rings is 1. The van der Waals surface area contributed by atoms with Crippen molar-refractivity contribution < 1.29 is 4.39 Å². The van der Waals surface area contributed by atoms with Gasteiger partial charge in [0.15, 0.2) is 0 Å². The van der Waals surface area contributed by atoms with Gasteiger partial charge in [0, 0.05) is 11.8 Å². The van der Waals surface area contributed by atoms with Crippen LogP contribution in [-0.2, 0) is 12.8 Å². The van der Waals surface area contributed by atoms with Gasteiger partial charge in [0.2, 0.25) is 5.43 Å². The van der Waals surface area contributed by atoms with Crippen LogP contribution in [0.5, 0.6) is 0 Å². The molecule has 0 unspecified atom stereocenters. The molecule has 0 fully saturated rings. The van der Waals surface area contributed by atoms with E-state index in [9.17, 15) is 14.0 Å². The first-order valence-corrected chi connectivity index (χ1v) is 5.69. The van der Waals surface area contributed by atoms with E-state index >= 15 is 0 Å². The highest BCUT2D eigenvalue weighted by atomic mass is 35.5. The van der Waals surface area contributed by atoms with Gasteiger partial charge in [0.05, 0.1) is 5.02 Å². The first kappa shape index (κ1) is 12.6. The van der Waals surface area contributed by atoms with Crippen LogP contribution in [0.15, 0.2) is 33.9 Å².